The van der Waals surface area contributed by atoms with Crippen LogP contribution in [0.4, 0.5) is 0 Å². The van der Waals surface area contributed by atoms with Gasteiger partial charge in [0, 0.05) is 25.6 Å². The maximum Gasteiger partial charge on any atom is 0.244 e. The molecule has 10 heteroatoms. The normalized spacial score (nSPS) is 12.8. The molecule has 0 spiro atoms. The minimum Gasteiger partial charge on any atom is -0.394 e. The topological polar surface area (TPSA) is 178 Å². The highest BCUT2D eigenvalue weighted by molar-refractivity contribution is 5.87. The van der Waals surface area contributed by atoms with E-state index in [4.69, 9.17) is 16.9 Å². The van der Waals surface area contributed by atoms with Gasteiger partial charge in [-0.25, -0.2) is 0 Å². The number of nitrogens with two attached hydrogens (primary N) is 2. The first-order chi connectivity index (χ1) is 13.9. The van der Waals surface area contributed by atoms with E-state index < -0.39 is 12.6 Å². The van der Waals surface area contributed by atoms with Crippen molar-refractivity contribution in [2.75, 3.05) is 32.8 Å². The van der Waals surface area contributed by atoms with Crippen LogP contribution in [0.15, 0.2) is 0 Å². The Balaban J connectivity index is 3.74. The van der Waals surface area contributed by atoms with Crippen LogP contribution in [-0.4, -0.2) is 67.8 Å². The molecule has 2 unspecified atom stereocenters. The first-order valence-electron chi connectivity index (χ1n) is 10.6. The molecule has 0 aliphatic heterocycles. The summed E-state index contributed by atoms with van der Waals surface area (Å²) in [4.78, 5) is 24.0. The lowest BCUT2D eigenvalue weighted by Gasteiger charge is -2.16. The number of hydrogen-bond acceptors (Lipinski definition) is 6. The average molecular weight is 416 g/mol. The number of carbonyl (C=O) groups is 2. The molecule has 2 amide bonds. The van der Waals surface area contributed by atoms with E-state index in [0.717, 1.165) is 51.6 Å². The fourth-order valence-electron chi connectivity index (χ4n) is 2.61. The standard InChI is InChI=1S/C19H41N7O3/c1-15(20)9-13-23-10-6-7-11-24-18(29)16(14-27)26-17(28)8-4-2-3-5-12-25-19(21)22/h15-16,23,27H,2-14,20H2,1H3,(H,24,29)(H,26,28)(H4,21,22,25). The molecule has 10 nitrogen and oxygen atoms in total. The number of rotatable bonds is 18. The molecule has 0 aromatic rings. The Labute approximate surface area is 174 Å². The monoisotopic (exact) mass is 415 g/mol. The van der Waals surface area contributed by atoms with Crippen molar-refractivity contribution < 1.29 is 14.7 Å². The molecule has 0 fully saturated rings. The lowest BCUT2D eigenvalue weighted by Crippen LogP contribution is -2.49. The van der Waals surface area contributed by atoms with E-state index in [9.17, 15) is 14.7 Å². The second-order valence-electron chi connectivity index (χ2n) is 7.32. The van der Waals surface area contributed by atoms with Gasteiger partial charge >= 0.3 is 0 Å². The van der Waals surface area contributed by atoms with Gasteiger partial charge in [-0.3, -0.25) is 15.0 Å². The van der Waals surface area contributed by atoms with Gasteiger partial charge in [-0.2, -0.15) is 0 Å². The summed E-state index contributed by atoms with van der Waals surface area (Å²) in [5.74, 6) is -0.632. The molecule has 29 heavy (non-hydrogen) atoms. The van der Waals surface area contributed by atoms with Gasteiger partial charge in [-0.05, 0) is 52.1 Å². The van der Waals surface area contributed by atoms with Crippen molar-refractivity contribution in [1.29, 1.82) is 5.41 Å². The quantitative estimate of drug-likeness (QED) is 0.0813. The number of guanidine groups is 1. The van der Waals surface area contributed by atoms with E-state index in [1.807, 2.05) is 6.92 Å². The fourth-order valence-corrected chi connectivity index (χ4v) is 2.61. The number of nitrogens with one attached hydrogen (secondary N) is 5. The largest absolute Gasteiger partial charge is 0.394 e. The van der Waals surface area contributed by atoms with Crippen molar-refractivity contribution in [3.05, 3.63) is 0 Å². The maximum absolute atomic E-state index is 12.1. The Morgan fingerprint density at radius 1 is 0.966 bits per heavy atom. The zero-order valence-electron chi connectivity index (χ0n) is 17.8. The van der Waals surface area contributed by atoms with Gasteiger partial charge in [-0.1, -0.05) is 12.8 Å². The molecule has 2 atom stereocenters. The van der Waals surface area contributed by atoms with Crippen molar-refractivity contribution >= 4 is 17.8 Å². The summed E-state index contributed by atoms with van der Waals surface area (Å²) in [5, 5.41) is 27.8. The lowest BCUT2D eigenvalue weighted by atomic mass is 10.1. The summed E-state index contributed by atoms with van der Waals surface area (Å²) in [7, 11) is 0. The first-order valence-corrected chi connectivity index (χ1v) is 10.6. The smallest absolute Gasteiger partial charge is 0.244 e. The third-order valence-corrected chi connectivity index (χ3v) is 4.34. The first kappa shape index (κ1) is 27.1. The van der Waals surface area contributed by atoms with Gasteiger partial charge in [0.05, 0.1) is 6.61 Å². The Morgan fingerprint density at radius 2 is 1.59 bits per heavy atom. The average Bonchev–Trinajstić information content (AvgIpc) is 2.66. The second kappa shape index (κ2) is 18.1. The SMILES string of the molecule is CC(N)CCNCCCCNC(=O)C(CO)NC(=O)CCCCCCNC(=N)N. The number of carbonyl (C=O) groups excluding carboxylic acids is 2. The molecule has 0 aromatic heterocycles. The summed E-state index contributed by atoms with van der Waals surface area (Å²) < 4.78 is 0. The van der Waals surface area contributed by atoms with Gasteiger partial charge in [0.15, 0.2) is 5.96 Å². The number of aliphatic hydroxyl groups is 1. The summed E-state index contributed by atoms with van der Waals surface area (Å²) in [6.07, 6.45) is 6.40. The van der Waals surface area contributed by atoms with Crippen LogP contribution in [0.2, 0.25) is 0 Å². The lowest BCUT2D eigenvalue weighted by molar-refractivity contribution is -0.130. The van der Waals surface area contributed by atoms with Crippen LogP contribution in [-0.2, 0) is 9.59 Å². The van der Waals surface area contributed by atoms with Crippen LogP contribution >= 0.6 is 0 Å². The Bertz CT molecular complexity index is 461. The molecule has 0 saturated heterocycles. The highest BCUT2D eigenvalue weighted by Crippen LogP contribution is 2.02. The Kier molecular flexibility index (Phi) is 16.9. The van der Waals surface area contributed by atoms with Crippen LogP contribution in [0.5, 0.6) is 0 Å². The predicted molar refractivity (Wildman–Crippen MR) is 115 cm³/mol. The zero-order chi connectivity index (χ0) is 21.9. The van der Waals surface area contributed by atoms with Crippen LogP contribution in [0.1, 0.15) is 58.3 Å². The second-order valence-corrected chi connectivity index (χ2v) is 7.32. The minimum absolute atomic E-state index is 0.0356. The maximum atomic E-state index is 12.1. The zero-order valence-corrected chi connectivity index (χ0v) is 17.8. The molecule has 0 radical (unpaired) electrons. The van der Waals surface area contributed by atoms with Gasteiger partial charge < -0.3 is 37.8 Å². The number of aliphatic hydroxyl groups excluding tert-OH is 1. The van der Waals surface area contributed by atoms with E-state index in [2.05, 4.69) is 21.3 Å². The number of hydrogen-bond donors (Lipinski definition) is 8. The van der Waals surface area contributed by atoms with Crippen LogP contribution in [0.3, 0.4) is 0 Å². The molecule has 0 saturated carbocycles. The third kappa shape index (κ3) is 17.9. The third-order valence-electron chi connectivity index (χ3n) is 4.34. The van der Waals surface area contributed by atoms with E-state index in [1.165, 1.54) is 0 Å². The molecule has 0 aliphatic carbocycles. The summed E-state index contributed by atoms with van der Waals surface area (Å²) in [5.41, 5.74) is 10.9. The molecule has 0 aliphatic rings. The van der Waals surface area contributed by atoms with Crippen molar-refractivity contribution in [2.24, 2.45) is 11.5 Å². The van der Waals surface area contributed by atoms with E-state index in [1.54, 1.807) is 0 Å². The van der Waals surface area contributed by atoms with Gasteiger partial charge in [-0.15, -0.1) is 0 Å². The number of unbranched alkanes of at least 4 members (excludes halogenated alkanes) is 4. The van der Waals surface area contributed by atoms with Crippen molar-refractivity contribution in [2.45, 2.75) is 70.4 Å². The molecule has 0 rings (SSSR count). The molecule has 10 N–H and O–H groups in total. The van der Waals surface area contributed by atoms with Gasteiger partial charge in [0.2, 0.25) is 11.8 Å². The van der Waals surface area contributed by atoms with E-state index in [-0.39, 0.29) is 23.8 Å². The summed E-state index contributed by atoms with van der Waals surface area (Å²) in [6.45, 7) is 4.47. The minimum atomic E-state index is -0.911. The molecule has 0 bridgehead atoms. The molecular formula is C19H41N7O3. The van der Waals surface area contributed by atoms with Gasteiger partial charge in [0.1, 0.15) is 6.04 Å². The molecular weight excluding hydrogens is 374 g/mol. The van der Waals surface area contributed by atoms with Crippen molar-refractivity contribution in [1.82, 2.24) is 21.3 Å². The van der Waals surface area contributed by atoms with Crippen molar-refractivity contribution in [3.63, 3.8) is 0 Å². The van der Waals surface area contributed by atoms with Crippen LogP contribution in [0, 0.1) is 5.41 Å². The summed E-state index contributed by atoms with van der Waals surface area (Å²) >= 11 is 0. The number of amides is 2. The van der Waals surface area contributed by atoms with Crippen molar-refractivity contribution in [3.8, 4) is 0 Å². The highest BCUT2D eigenvalue weighted by Gasteiger charge is 2.18. The predicted octanol–water partition coefficient (Wildman–Crippen LogP) is -0.880. The molecule has 0 heterocycles. The van der Waals surface area contributed by atoms with Crippen LogP contribution < -0.4 is 32.7 Å². The molecule has 0 aromatic carbocycles. The van der Waals surface area contributed by atoms with E-state index >= 15 is 0 Å². The fraction of sp³-hybridized carbons (Fsp3) is 0.842. The van der Waals surface area contributed by atoms with Crippen LogP contribution in [0.25, 0.3) is 0 Å². The molecule has 170 valence electrons. The Morgan fingerprint density at radius 3 is 2.24 bits per heavy atom. The van der Waals surface area contributed by atoms with Gasteiger partial charge in [0.25, 0.3) is 0 Å². The Hall–Kier alpha value is -1.91. The summed E-state index contributed by atoms with van der Waals surface area (Å²) in [6, 6.07) is -0.714. The highest BCUT2D eigenvalue weighted by atomic mass is 16.3. The van der Waals surface area contributed by atoms with E-state index in [0.29, 0.717) is 25.9 Å².